The normalized spacial score (nSPS) is 13.4. The maximum Gasteiger partial charge on any atom is 0.0596 e. The zero-order valence-electron chi connectivity index (χ0n) is 11.2. The van der Waals surface area contributed by atoms with Crippen molar-refractivity contribution in [1.29, 1.82) is 0 Å². The van der Waals surface area contributed by atoms with E-state index in [1.165, 1.54) is 5.69 Å². The van der Waals surface area contributed by atoms with Gasteiger partial charge in [0, 0.05) is 5.69 Å². The lowest BCUT2D eigenvalue weighted by atomic mass is 10.2. The van der Waals surface area contributed by atoms with Crippen molar-refractivity contribution in [3.05, 3.63) is 17.5 Å². The molecule has 0 spiro atoms. The lowest BCUT2D eigenvalue weighted by Crippen LogP contribution is -2.23. The number of rotatable bonds is 6. The van der Waals surface area contributed by atoms with Crippen molar-refractivity contribution in [2.24, 2.45) is 5.92 Å². The first-order valence-corrected chi connectivity index (χ1v) is 6.24. The second-order valence-corrected chi connectivity index (χ2v) is 5.11. The van der Waals surface area contributed by atoms with E-state index in [1.807, 2.05) is 6.92 Å². The number of aromatic nitrogens is 2. The van der Waals surface area contributed by atoms with Crippen LogP contribution in [-0.2, 0) is 0 Å². The molecule has 0 fully saturated rings. The Morgan fingerprint density at radius 1 is 1.31 bits per heavy atom. The van der Waals surface area contributed by atoms with Gasteiger partial charge in [-0.1, -0.05) is 13.8 Å². The highest BCUT2D eigenvalue weighted by molar-refractivity contribution is 5.07. The van der Waals surface area contributed by atoms with Gasteiger partial charge in [-0.2, -0.15) is 5.10 Å². The maximum atomic E-state index is 4.51. The van der Waals surface area contributed by atoms with Crippen molar-refractivity contribution >= 4 is 0 Å². The van der Waals surface area contributed by atoms with E-state index in [2.05, 4.69) is 48.9 Å². The third-order valence-corrected chi connectivity index (χ3v) is 2.75. The van der Waals surface area contributed by atoms with Crippen LogP contribution in [0.25, 0.3) is 0 Å². The van der Waals surface area contributed by atoms with Crippen molar-refractivity contribution < 1.29 is 0 Å². The van der Waals surface area contributed by atoms with Gasteiger partial charge in [0.25, 0.3) is 0 Å². The largest absolute Gasteiger partial charge is 0.316 e. The Bertz CT molecular complexity index is 315. The molecule has 0 amide bonds. The first kappa shape index (κ1) is 13.2. The van der Waals surface area contributed by atoms with E-state index in [9.17, 15) is 0 Å². The molecule has 1 aromatic heterocycles. The molecule has 0 aliphatic rings. The van der Waals surface area contributed by atoms with Gasteiger partial charge in [0.2, 0.25) is 0 Å². The Morgan fingerprint density at radius 2 is 2.00 bits per heavy atom. The average Bonchev–Trinajstić information content (AvgIpc) is 2.52. The summed E-state index contributed by atoms with van der Waals surface area (Å²) in [5.74, 6) is 0.726. The fraction of sp³-hybridized carbons (Fsp3) is 0.769. The minimum absolute atomic E-state index is 0.480. The molecule has 1 rings (SSSR count). The monoisotopic (exact) mass is 223 g/mol. The van der Waals surface area contributed by atoms with E-state index in [-0.39, 0.29) is 0 Å². The summed E-state index contributed by atoms with van der Waals surface area (Å²) >= 11 is 0. The topological polar surface area (TPSA) is 29.9 Å². The Morgan fingerprint density at radius 3 is 2.50 bits per heavy atom. The van der Waals surface area contributed by atoms with Crippen LogP contribution < -0.4 is 5.32 Å². The van der Waals surface area contributed by atoms with Gasteiger partial charge in [-0.15, -0.1) is 0 Å². The van der Waals surface area contributed by atoms with Crippen LogP contribution in [0.5, 0.6) is 0 Å². The molecule has 1 unspecified atom stereocenters. The van der Waals surface area contributed by atoms with Crippen molar-refractivity contribution in [3.8, 4) is 0 Å². The van der Waals surface area contributed by atoms with Gasteiger partial charge in [-0.3, -0.25) is 4.68 Å². The average molecular weight is 223 g/mol. The van der Waals surface area contributed by atoms with E-state index in [0.29, 0.717) is 6.04 Å². The van der Waals surface area contributed by atoms with Crippen molar-refractivity contribution in [2.75, 3.05) is 13.1 Å². The third-order valence-electron chi connectivity index (χ3n) is 2.75. The Hall–Kier alpha value is -0.830. The third kappa shape index (κ3) is 3.97. The van der Waals surface area contributed by atoms with E-state index < -0.39 is 0 Å². The number of hydrogen-bond donors (Lipinski definition) is 1. The van der Waals surface area contributed by atoms with Gasteiger partial charge in [-0.05, 0) is 52.3 Å². The predicted octanol–water partition coefficient (Wildman–Crippen LogP) is 2.70. The molecule has 1 aromatic rings. The summed E-state index contributed by atoms with van der Waals surface area (Å²) in [6.45, 7) is 13.0. The molecule has 0 aromatic carbocycles. The van der Waals surface area contributed by atoms with E-state index >= 15 is 0 Å². The van der Waals surface area contributed by atoms with Crippen LogP contribution in [0.3, 0.4) is 0 Å². The molecule has 0 saturated carbocycles. The molecule has 0 saturated heterocycles. The van der Waals surface area contributed by atoms with Crippen molar-refractivity contribution in [2.45, 2.75) is 47.1 Å². The molecule has 0 bridgehead atoms. The van der Waals surface area contributed by atoms with Crippen molar-refractivity contribution in [3.63, 3.8) is 0 Å². The van der Waals surface area contributed by atoms with Crippen LogP contribution in [0.4, 0.5) is 0 Å². The van der Waals surface area contributed by atoms with Crippen LogP contribution in [0.2, 0.25) is 0 Å². The van der Waals surface area contributed by atoms with Crippen LogP contribution in [0, 0.1) is 19.8 Å². The van der Waals surface area contributed by atoms with E-state index in [0.717, 1.165) is 31.1 Å². The van der Waals surface area contributed by atoms with E-state index in [4.69, 9.17) is 0 Å². The fourth-order valence-electron chi connectivity index (χ4n) is 1.92. The molecular formula is C13H25N3. The second kappa shape index (κ2) is 6.04. The number of nitrogens with one attached hydrogen (secondary N) is 1. The first-order chi connectivity index (χ1) is 7.50. The Balaban J connectivity index is 2.35. The van der Waals surface area contributed by atoms with Crippen LogP contribution in [-0.4, -0.2) is 22.9 Å². The highest BCUT2D eigenvalue weighted by Crippen LogP contribution is 2.13. The standard InChI is InChI=1S/C13H25N3/c1-10(2)9-14-7-6-12(4)16-13(5)8-11(3)15-16/h8,10,12,14H,6-7,9H2,1-5H3. The highest BCUT2D eigenvalue weighted by Gasteiger charge is 2.08. The smallest absolute Gasteiger partial charge is 0.0596 e. The summed E-state index contributed by atoms with van der Waals surface area (Å²) in [6, 6.07) is 2.62. The van der Waals surface area contributed by atoms with Gasteiger partial charge in [0.1, 0.15) is 0 Å². The molecule has 1 atom stereocenters. The molecule has 1 N–H and O–H groups in total. The van der Waals surface area contributed by atoms with Crippen LogP contribution in [0.15, 0.2) is 6.07 Å². The van der Waals surface area contributed by atoms with Gasteiger partial charge in [0.15, 0.2) is 0 Å². The molecule has 0 aliphatic carbocycles. The van der Waals surface area contributed by atoms with Gasteiger partial charge >= 0.3 is 0 Å². The van der Waals surface area contributed by atoms with Gasteiger partial charge in [0.05, 0.1) is 11.7 Å². The highest BCUT2D eigenvalue weighted by atomic mass is 15.3. The SMILES string of the molecule is Cc1cc(C)n(C(C)CCNCC(C)C)n1. The summed E-state index contributed by atoms with van der Waals surface area (Å²) in [7, 11) is 0. The molecular weight excluding hydrogens is 198 g/mol. The van der Waals surface area contributed by atoms with Gasteiger partial charge in [-0.25, -0.2) is 0 Å². The van der Waals surface area contributed by atoms with Gasteiger partial charge < -0.3 is 5.32 Å². The summed E-state index contributed by atoms with van der Waals surface area (Å²) in [5.41, 5.74) is 2.37. The molecule has 16 heavy (non-hydrogen) atoms. The molecule has 1 heterocycles. The number of hydrogen-bond acceptors (Lipinski definition) is 2. The minimum atomic E-state index is 0.480. The predicted molar refractivity (Wildman–Crippen MR) is 68.7 cm³/mol. The van der Waals surface area contributed by atoms with Crippen LogP contribution in [0.1, 0.15) is 44.6 Å². The summed E-state index contributed by atoms with van der Waals surface area (Å²) in [5, 5.41) is 7.98. The summed E-state index contributed by atoms with van der Waals surface area (Å²) < 4.78 is 2.13. The molecule has 3 nitrogen and oxygen atoms in total. The van der Waals surface area contributed by atoms with Crippen molar-refractivity contribution in [1.82, 2.24) is 15.1 Å². The molecule has 3 heteroatoms. The summed E-state index contributed by atoms with van der Waals surface area (Å²) in [4.78, 5) is 0. The Kier molecular flexibility index (Phi) is 5.00. The lowest BCUT2D eigenvalue weighted by Gasteiger charge is -2.15. The zero-order chi connectivity index (χ0) is 12.1. The second-order valence-electron chi connectivity index (χ2n) is 5.11. The maximum absolute atomic E-state index is 4.51. The first-order valence-electron chi connectivity index (χ1n) is 6.24. The summed E-state index contributed by atoms with van der Waals surface area (Å²) in [6.07, 6.45) is 1.13. The molecule has 0 radical (unpaired) electrons. The molecule has 92 valence electrons. The minimum Gasteiger partial charge on any atom is -0.316 e. The van der Waals surface area contributed by atoms with Crippen LogP contribution >= 0.6 is 0 Å². The number of aryl methyl sites for hydroxylation is 2. The molecule has 0 aliphatic heterocycles. The number of nitrogens with zero attached hydrogens (tertiary/aromatic N) is 2. The Labute approximate surface area is 99.2 Å². The van der Waals surface area contributed by atoms with E-state index in [1.54, 1.807) is 0 Å². The fourth-order valence-corrected chi connectivity index (χ4v) is 1.92. The zero-order valence-corrected chi connectivity index (χ0v) is 11.2. The lowest BCUT2D eigenvalue weighted by molar-refractivity contribution is 0.425. The quantitative estimate of drug-likeness (QED) is 0.751.